The van der Waals surface area contributed by atoms with Gasteiger partial charge in [0, 0.05) is 37.2 Å². The van der Waals surface area contributed by atoms with Gasteiger partial charge in [-0.1, -0.05) is 13.8 Å². The standard InChI is InChI=1S/C6H12O2S.I2/c1-5-3-9(7,8)4-6(5)2;1-2/h5-6H,3-4H2,1-2H3;. The zero-order valence-electron chi connectivity index (χ0n) is 6.55. The Balaban J connectivity index is 0.000000461. The van der Waals surface area contributed by atoms with Gasteiger partial charge in [-0.15, -0.1) is 0 Å². The lowest BCUT2D eigenvalue weighted by atomic mass is 10.0. The summed E-state index contributed by atoms with van der Waals surface area (Å²) < 4.78 is 21.7. The van der Waals surface area contributed by atoms with E-state index in [1.54, 1.807) is 0 Å². The van der Waals surface area contributed by atoms with Crippen LogP contribution in [0, 0.1) is 11.8 Å². The van der Waals surface area contributed by atoms with E-state index in [1.807, 2.05) is 13.8 Å². The molecule has 0 N–H and O–H groups in total. The minimum atomic E-state index is -2.64. The second-order valence-corrected chi connectivity index (χ2v) is 5.19. The topological polar surface area (TPSA) is 34.1 Å². The molecule has 0 aromatic rings. The summed E-state index contributed by atoms with van der Waals surface area (Å²) in [7, 11) is -2.64. The van der Waals surface area contributed by atoms with Crippen molar-refractivity contribution in [3.8, 4) is 0 Å². The molecule has 1 fully saturated rings. The Bertz CT molecular complexity index is 185. The Kier molecular flexibility index (Phi) is 5.87. The third-order valence-electron chi connectivity index (χ3n) is 2.01. The molecule has 2 unspecified atom stereocenters. The molecule has 0 radical (unpaired) electrons. The van der Waals surface area contributed by atoms with Crippen LogP contribution in [0.15, 0.2) is 0 Å². The molecule has 0 aliphatic carbocycles. The Morgan fingerprint density at radius 1 is 1.09 bits per heavy atom. The van der Waals surface area contributed by atoms with Crippen LogP contribution >= 0.6 is 37.2 Å². The second kappa shape index (κ2) is 5.21. The van der Waals surface area contributed by atoms with Gasteiger partial charge >= 0.3 is 0 Å². The Hall–Kier alpha value is 1.41. The maximum absolute atomic E-state index is 10.9. The van der Waals surface area contributed by atoms with Crippen molar-refractivity contribution in [2.45, 2.75) is 13.8 Å². The van der Waals surface area contributed by atoms with Crippen molar-refractivity contribution < 1.29 is 8.42 Å². The summed E-state index contributed by atoms with van der Waals surface area (Å²) in [5.41, 5.74) is 0. The molecule has 1 aliphatic rings. The maximum Gasteiger partial charge on any atom is 0.150 e. The van der Waals surface area contributed by atoms with Crippen molar-refractivity contribution in [3.05, 3.63) is 0 Å². The van der Waals surface area contributed by atoms with E-state index < -0.39 is 9.84 Å². The highest BCUT2D eigenvalue weighted by Gasteiger charge is 2.30. The van der Waals surface area contributed by atoms with Crippen LogP contribution in [0.1, 0.15) is 13.8 Å². The monoisotopic (exact) mass is 402 g/mol. The molecule has 0 amide bonds. The summed E-state index contributed by atoms with van der Waals surface area (Å²) in [4.78, 5) is 0. The molecule has 0 saturated carbocycles. The molecule has 1 rings (SSSR count). The van der Waals surface area contributed by atoms with Crippen molar-refractivity contribution in [2.75, 3.05) is 11.5 Å². The van der Waals surface area contributed by atoms with Crippen molar-refractivity contribution >= 4 is 47.1 Å². The first-order valence-corrected chi connectivity index (χ1v) is 11.5. The van der Waals surface area contributed by atoms with E-state index >= 15 is 0 Å². The number of halogens is 2. The van der Waals surface area contributed by atoms with Crippen LogP contribution < -0.4 is 0 Å². The number of hydrogen-bond acceptors (Lipinski definition) is 2. The van der Waals surface area contributed by atoms with Crippen LogP contribution in [0.3, 0.4) is 0 Å². The lowest BCUT2D eigenvalue weighted by Crippen LogP contribution is -2.01. The largest absolute Gasteiger partial charge is 0.229 e. The highest BCUT2D eigenvalue weighted by atomic mass is 128. The smallest absolute Gasteiger partial charge is 0.150 e. The maximum atomic E-state index is 10.9. The van der Waals surface area contributed by atoms with Crippen molar-refractivity contribution in [1.29, 1.82) is 0 Å². The summed E-state index contributed by atoms with van der Waals surface area (Å²) in [6.45, 7) is 3.99. The fourth-order valence-electron chi connectivity index (χ4n) is 1.20. The summed E-state index contributed by atoms with van der Waals surface area (Å²) in [6.07, 6.45) is 0. The Morgan fingerprint density at radius 2 is 1.36 bits per heavy atom. The highest BCUT2D eigenvalue weighted by molar-refractivity contribution is 15.0. The molecule has 2 nitrogen and oxygen atoms in total. The predicted molar refractivity (Wildman–Crippen MR) is 65.0 cm³/mol. The fourth-order valence-corrected chi connectivity index (χ4v) is 3.59. The molecule has 0 aromatic carbocycles. The lowest BCUT2D eigenvalue weighted by Gasteiger charge is -2.02. The van der Waals surface area contributed by atoms with Gasteiger partial charge in [0.05, 0.1) is 11.5 Å². The van der Waals surface area contributed by atoms with Crippen molar-refractivity contribution in [3.63, 3.8) is 0 Å². The van der Waals surface area contributed by atoms with Gasteiger partial charge in [0.1, 0.15) is 0 Å². The molecule has 1 heterocycles. The third-order valence-corrected chi connectivity index (χ3v) is 4.07. The van der Waals surface area contributed by atoms with E-state index in [0.717, 1.165) is 0 Å². The minimum absolute atomic E-state index is 0.370. The zero-order valence-corrected chi connectivity index (χ0v) is 11.7. The van der Waals surface area contributed by atoms with E-state index in [4.69, 9.17) is 0 Å². The number of sulfone groups is 1. The Morgan fingerprint density at radius 3 is 1.45 bits per heavy atom. The van der Waals surface area contributed by atoms with Gasteiger partial charge in [0.15, 0.2) is 9.84 Å². The third kappa shape index (κ3) is 4.25. The van der Waals surface area contributed by atoms with Crippen molar-refractivity contribution in [2.24, 2.45) is 11.8 Å². The molecular weight excluding hydrogens is 390 g/mol. The first kappa shape index (κ1) is 12.4. The van der Waals surface area contributed by atoms with Gasteiger partial charge in [-0.05, 0) is 11.8 Å². The molecule has 0 aromatic heterocycles. The molecule has 0 bridgehead atoms. The molecule has 5 heteroatoms. The van der Waals surface area contributed by atoms with Crippen LogP contribution in [0.4, 0.5) is 0 Å². The molecule has 68 valence electrons. The van der Waals surface area contributed by atoms with E-state index in [0.29, 0.717) is 23.3 Å². The van der Waals surface area contributed by atoms with Gasteiger partial charge in [-0.3, -0.25) is 0 Å². The van der Waals surface area contributed by atoms with E-state index in [9.17, 15) is 8.42 Å². The van der Waals surface area contributed by atoms with Crippen LogP contribution in [0.5, 0.6) is 0 Å². The van der Waals surface area contributed by atoms with E-state index in [-0.39, 0.29) is 0 Å². The normalized spacial score (nSPS) is 34.2. The SMILES string of the molecule is CC1CS(=O)(=O)CC1C.II. The lowest BCUT2D eigenvalue weighted by molar-refractivity contribution is 0.494. The van der Waals surface area contributed by atoms with Crippen LogP contribution in [-0.4, -0.2) is 19.9 Å². The van der Waals surface area contributed by atoms with Gasteiger partial charge < -0.3 is 0 Å². The summed E-state index contributed by atoms with van der Waals surface area (Å²) >= 11 is 4.24. The van der Waals surface area contributed by atoms with E-state index in [2.05, 4.69) is 37.2 Å². The van der Waals surface area contributed by atoms with Gasteiger partial charge in [-0.2, -0.15) is 0 Å². The molecule has 11 heavy (non-hydrogen) atoms. The van der Waals surface area contributed by atoms with Gasteiger partial charge in [0.25, 0.3) is 0 Å². The number of rotatable bonds is 0. The average Bonchev–Trinajstić information content (AvgIpc) is 2.10. The zero-order chi connectivity index (χ0) is 9.07. The van der Waals surface area contributed by atoms with Crippen LogP contribution in [0.2, 0.25) is 0 Å². The number of hydrogen-bond donors (Lipinski definition) is 0. The molecule has 1 aliphatic heterocycles. The summed E-state index contributed by atoms with van der Waals surface area (Å²) in [5.74, 6) is 1.53. The molecule has 2 atom stereocenters. The first-order valence-electron chi connectivity index (χ1n) is 3.36. The fraction of sp³-hybridized carbons (Fsp3) is 1.00. The first-order chi connectivity index (χ1) is 5.01. The summed E-state index contributed by atoms with van der Waals surface area (Å²) in [5, 5.41) is 0. The molecular formula is C6H12I2O2S. The summed E-state index contributed by atoms with van der Waals surface area (Å²) in [6, 6.07) is 0. The van der Waals surface area contributed by atoms with Crippen LogP contribution in [-0.2, 0) is 9.84 Å². The van der Waals surface area contributed by atoms with E-state index in [1.165, 1.54) is 0 Å². The van der Waals surface area contributed by atoms with Crippen molar-refractivity contribution in [1.82, 2.24) is 0 Å². The highest BCUT2D eigenvalue weighted by Crippen LogP contribution is 2.23. The minimum Gasteiger partial charge on any atom is -0.229 e. The Labute approximate surface area is 91.7 Å². The van der Waals surface area contributed by atoms with Gasteiger partial charge in [0.2, 0.25) is 0 Å². The second-order valence-electron chi connectivity index (χ2n) is 3.03. The van der Waals surface area contributed by atoms with Crippen LogP contribution in [0.25, 0.3) is 0 Å². The molecule has 0 spiro atoms. The molecule has 1 saturated heterocycles. The predicted octanol–water partition coefficient (Wildman–Crippen LogP) is 2.46. The average molecular weight is 402 g/mol. The van der Waals surface area contributed by atoms with Gasteiger partial charge in [-0.25, -0.2) is 8.42 Å². The quantitative estimate of drug-likeness (QED) is 0.584.